The van der Waals surface area contributed by atoms with E-state index in [4.69, 9.17) is 9.35 Å². The van der Waals surface area contributed by atoms with Crippen LogP contribution >= 0.6 is 0 Å². The first-order valence-electron chi connectivity index (χ1n) is 3.20. The molecule has 0 aliphatic carbocycles. The van der Waals surface area contributed by atoms with Crippen LogP contribution in [0.4, 0.5) is 0 Å². The highest BCUT2D eigenvalue weighted by Crippen LogP contribution is 2.05. The minimum absolute atomic E-state index is 0.0741. The molecule has 5 nitrogen and oxygen atoms in total. The van der Waals surface area contributed by atoms with Crippen LogP contribution in [0.25, 0.3) is 0 Å². The predicted octanol–water partition coefficient (Wildman–Crippen LogP) is 0.0348. The standard InChI is InChI=1S/C6H6O3S.CH3NO/c7-10(8,9)6-4-2-1-3-5-6;2-1-3/h1-5H,(H,7,8,9);1H,(H2,2,3). The molecule has 0 heterocycles. The third-order valence-corrected chi connectivity index (χ3v) is 1.91. The summed E-state index contributed by atoms with van der Waals surface area (Å²) in [6, 6.07) is 7.42. The van der Waals surface area contributed by atoms with E-state index in [2.05, 4.69) is 5.73 Å². The van der Waals surface area contributed by atoms with Crippen LogP contribution in [0.3, 0.4) is 0 Å². The Morgan fingerprint density at radius 2 is 1.62 bits per heavy atom. The Labute approximate surface area is 75.9 Å². The molecule has 3 N–H and O–H groups in total. The summed E-state index contributed by atoms with van der Waals surface area (Å²) in [6.45, 7) is 0. The van der Waals surface area contributed by atoms with Gasteiger partial charge in [-0.3, -0.25) is 9.35 Å². The van der Waals surface area contributed by atoms with Gasteiger partial charge in [0, 0.05) is 0 Å². The molecular weight excluding hydrogens is 194 g/mol. The fourth-order valence-corrected chi connectivity index (χ4v) is 1.09. The number of hydrogen-bond acceptors (Lipinski definition) is 3. The average Bonchev–Trinajstić information content (AvgIpc) is 2.06. The van der Waals surface area contributed by atoms with E-state index in [0.717, 1.165) is 0 Å². The number of benzene rings is 1. The van der Waals surface area contributed by atoms with E-state index in [1.54, 1.807) is 18.2 Å². The molecule has 0 aliphatic heterocycles. The van der Waals surface area contributed by atoms with E-state index in [0.29, 0.717) is 0 Å². The fraction of sp³-hybridized carbons (Fsp3) is 0. The molecular formula is C7H9NO4S. The van der Waals surface area contributed by atoms with Gasteiger partial charge in [-0.15, -0.1) is 0 Å². The Morgan fingerprint density at radius 1 is 1.23 bits per heavy atom. The first-order chi connectivity index (χ1) is 6.02. The number of carbonyl (C=O) groups is 1. The summed E-state index contributed by atoms with van der Waals surface area (Å²) in [4.78, 5) is 8.51. The largest absolute Gasteiger partial charge is 0.372 e. The lowest BCUT2D eigenvalue weighted by atomic mass is 10.4. The second kappa shape index (κ2) is 5.28. The van der Waals surface area contributed by atoms with Crippen molar-refractivity contribution in [1.29, 1.82) is 0 Å². The molecule has 13 heavy (non-hydrogen) atoms. The average molecular weight is 203 g/mol. The van der Waals surface area contributed by atoms with Gasteiger partial charge >= 0.3 is 0 Å². The maximum Gasteiger partial charge on any atom is 0.294 e. The van der Waals surface area contributed by atoms with Crippen LogP contribution in [0.2, 0.25) is 0 Å². The lowest BCUT2D eigenvalue weighted by molar-refractivity contribution is -0.106. The molecule has 72 valence electrons. The number of carbonyl (C=O) groups excluding carboxylic acids is 1. The van der Waals surface area contributed by atoms with Crippen molar-refractivity contribution in [3.8, 4) is 0 Å². The van der Waals surface area contributed by atoms with Gasteiger partial charge in [0.25, 0.3) is 10.1 Å². The molecule has 6 heteroatoms. The third-order valence-electron chi connectivity index (χ3n) is 1.04. The van der Waals surface area contributed by atoms with E-state index in [1.807, 2.05) is 0 Å². The number of amides is 1. The van der Waals surface area contributed by atoms with Gasteiger partial charge in [0.15, 0.2) is 0 Å². The molecule has 0 radical (unpaired) electrons. The summed E-state index contributed by atoms with van der Waals surface area (Å²) >= 11 is 0. The minimum atomic E-state index is -4.00. The van der Waals surface area contributed by atoms with Crippen molar-refractivity contribution in [1.82, 2.24) is 0 Å². The van der Waals surface area contributed by atoms with Crippen molar-refractivity contribution in [3.05, 3.63) is 30.3 Å². The Kier molecular flexibility index (Phi) is 4.71. The quantitative estimate of drug-likeness (QED) is 0.497. The highest BCUT2D eigenvalue weighted by atomic mass is 32.2. The van der Waals surface area contributed by atoms with Gasteiger partial charge in [-0.25, -0.2) is 0 Å². The van der Waals surface area contributed by atoms with Crippen molar-refractivity contribution >= 4 is 16.5 Å². The van der Waals surface area contributed by atoms with Crippen molar-refractivity contribution < 1.29 is 17.8 Å². The lowest BCUT2D eigenvalue weighted by Gasteiger charge is -1.92. The molecule has 0 aromatic heterocycles. The van der Waals surface area contributed by atoms with E-state index < -0.39 is 10.1 Å². The Balaban J connectivity index is 0.000000424. The Morgan fingerprint density at radius 3 is 1.85 bits per heavy atom. The molecule has 0 fully saturated rings. The Hall–Kier alpha value is -1.40. The zero-order valence-electron chi connectivity index (χ0n) is 6.62. The number of rotatable bonds is 1. The van der Waals surface area contributed by atoms with Gasteiger partial charge in [0.1, 0.15) is 0 Å². The number of primary amides is 1. The van der Waals surface area contributed by atoms with Crippen molar-refractivity contribution in [2.75, 3.05) is 0 Å². The zero-order chi connectivity index (χ0) is 10.3. The summed E-state index contributed by atoms with van der Waals surface area (Å²) in [6.07, 6.45) is 0.250. The first-order valence-corrected chi connectivity index (χ1v) is 4.64. The van der Waals surface area contributed by atoms with Crippen LogP contribution < -0.4 is 5.73 Å². The molecule has 1 aromatic carbocycles. The predicted molar refractivity (Wildman–Crippen MR) is 46.5 cm³/mol. The first kappa shape index (κ1) is 11.6. The molecule has 1 aromatic rings. The summed E-state index contributed by atoms with van der Waals surface area (Å²) in [5.41, 5.74) is 4.17. The molecule has 0 saturated heterocycles. The normalized spacial score (nSPS) is 9.62. The lowest BCUT2D eigenvalue weighted by Crippen LogP contribution is -1.96. The van der Waals surface area contributed by atoms with Crippen LogP contribution in [0.15, 0.2) is 35.2 Å². The summed E-state index contributed by atoms with van der Waals surface area (Å²) in [7, 11) is -4.00. The molecule has 0 bridgehead atoms. The second-order valence-electron chi connectivity index (χ2n) is 1.92. The molecule has 0 unspecified atom stereocenters. The van der Waals surface area contributed by atoms with Gasteiger partial charge in [0.2, 0.25) is 6.41 Å². The maximum atomic E-state index is 10.4. The molecule has 1 rings (SSSR count). The highest BCUT2D eigenvalue weighted by molar-refractivity contribution is 7.85. The van der Waals surface area contributed by atoms with Gasteiger partial charge in [-0.2, -0.15) is 8.42 Å². The maximum absolute atomic E-state index is 10.4. The zero-order valence-corrected chi connectivity index (χ0v) is 7.44. The van der Waals surface area contributed by atoms with Crippen molar-refractivity contribution in [3.63, 3.8) is 0 Å². The topological polar surface area (TPSA) is 97.5 Å². The molecule has 1 amide bonds. The molecule has 0 aliphatic rings. The number of nitrogens with two attached hydrogens (primary N) is 1. The van der Waals surface area contributed by atoms with Gasteiger partial charge < -0.3 is 5.73 Å². The van der Waals surface area contributed by atoms with E-state index in [1.165, 1.54) is 12.1 Å². The van der Waals surface area contributed by atoms with Crippen LogP contribution in [-0.4, -0.2) is 19.4 Å². The fourth-order valence-electron chi connectivity index (χ4n) is 0.592. The SMILES string of the molecule is NC=O.O=S(=O)(O)c1ccccc1. The number of hydrogen-bond donors (Lipinski definition) is 2. The minimum Gasteiger partial charge on any atom is -0.372 e. The van der Waals surface area contributed by atoms with Gasteiger partial charge in [-0.1, -0.05) is 18.2 Å². The summed E-state index contributed by atoms with van der Waals surface area (Å²) < 4.78 is 29.2. The summed E-state index contributed by atoms with van der Waals surface area (Å²) in [5, 5.41) is 0. The highest BCUT2D eigenvalue weighted by Gasteiger charge is 2.05. The van der Waals surface area contributed by atoms with Crippen molar-refractivity contribution in [2.24, 2.45) is 5.73 Å². The van der Waals surface area contributed by atoms with E-state index in [-0.39, 0.29) is 11.3 Å². The molecule has 0 spiro atoms. The molecule has 0 saturated carbocycles. The summed E-state index contributed by atoms with van der Waals surface area (Å²) in [5.74, 6) is 0. The third kappa shape index (κ3) is 4.94. The van der Waals surface area contributed by atoms with Gasteiger partial charge in [0.05, 0.1) is 4.90 Å². The van der Waals surface area contributed by atoms with E-state index >= 15 is 0 Å². The smallest absolute Gasteiger partial charge is 0.294 e. The van der Waals surface area contributed by atoms with Crippen molar-refractivity contribution in [2.45, 2.75) is 4.90 Å². The monoisotopic (exact) mass is 203 g/mol. The van der Waals surface area contributed by atoms with Crippen LogP contribution in [-0.2, 0) is 14.9 Å². The van der Waals surface area contributed by atoms with Crippen LogP contribution in [0, 0.1) is 0 Å². The van der Waals surface area contributed by atoms with E-state index in [9.17, 15) is 8.42 Å². The van der Waals surface area contributed by atoms with Crippen LogP contribution in [0.5, 0.6) is 0 Å². The van der Waals surface area contributed by atoms with Crippen LogP contribution in [0.1, 0.15) is 0 Å². The Bertz CT molecular complexity index is 346. The molecule has 0 atom stereocenters. The van der Waals surface area contributed by atoms with Gasteiger partial charge in [-0.05, 0) is 12.1 Å². The second-order valence-corrected chi connectivity index (χ2v) is 3.35.